The van der Waals surface area contributed by atoms with Crippen LogP contribution in [0, 0.1) is 6.92 Å². The van der Waals surface area contributed by atoms with E-state index in [4.69, 9.17) is 4.52 Å². The number of carbonyl (C=O) groups is 1. The minimum Gasteiger partial charge on any atom is -0.406 e. The lowest BCUT2D eigenvalue weighted by Gasteiger charge is -2.15. The van der Waals surface area contributed by atoms with Crippen LogP contribution >= 0.6 is 0 Å². The summed E-state index contributed by atoms with van der Waals surface area (Å²) in [6.07, 6.45) is -2.33. The van der Waals surface area contributed by atoms with Crippen molar-refractivity contribution in [2.45, 2.75) is 32.7 Å². The second-order valence-corrected chi connectivity index (χ2v) is 9.33. The van der Waals surface area contributed by atoms with Gasteiger partial charge in [-0.25, -0.2) is 0 Å². The summed E-state index contributed by atoms with van der Waals surface area (Å²) in [4.78, 5) is 19.3. The van der Waals surface area contributed by atoms with Crippen LogP contribution in [-0.4, -0.2) is 63.3 Å². The molecule has 204 valence electrons. The summed E-state index contributed by atoms with van der Waals surface area (Å²) in [6, 6.07) is 14.4. The SMILES string of the molecule is Cc1cc(-c2nc(-c3ccc(OC(F)(F)F)cc3)no2)nn1Cc1cccc(C(=O)NCCN2CCCC2)c1. The van der Waals surface area contributed by atoms with Gasteiger partial charge in [0.25, 0.3) is 11.8 Å². The quantitative estimate of drug-likeness (QED) is 0.329. The van der Waals surface area contributed by atoms with Gasteiger partial charge in [-0.1, -0.05) is 17.3 Å². The molecule has 1 aliphatic heterocycles. The average molecular weight is 541 g/mol. The van der Waals surface area contributed by atoms with E-state index in [2.05, 4.69) is 30.2 Å². The number of alkyl halides is 3. The van der Waals surface area contributed by atoms with Crippen molar-refractivity contribution in [3.63, 3.8) is 0 Å². The highest BCUT2D eigenvalue weighted by molar-refractivity contribution is 5.94. The summed E-state index contributed by atoms with van der Waals surface area (Å²) < 4.78 is 48.2. The van der Waals surface area contributed by atoms with Crippen LogP contribution < -0.4 is 10.1 Å². The topological polar surface area (TPSA) is 98.3 Å². The van der Waals surface area contributed by atoms with Crippen molar-refractivity contribution < 1.29 is 27.2 Å². The highest BCUT2D eigenvalue weighted by Crippen LogP contribution is 2.27. The number of nitrogens with zero attached hydrogens (tertiary/aromatic N) is 5. The van der Waals surface area contributed by atoms with E-state index in [9.17, 15) is 18.0 Å². The molecule has 9 nitrogen and oxygen atoms in total. The Kier molecular flexibility index (Phi) is 7.64. The number of benzene rings is 2. The third-order valence-corrected chi connectivity index (χ3v) is 6.41. The van der Waals surface area contributed by atoms with Gasteiger partial charge >= 0.3 is 6.36 Å². The number of aromatic nitrogens is 4. The Bertz CT molecular complexity index is 1430. The van der Waals surface area contributed by atoms with E-state index in [1.807, 2.05) is 25.1 Å². The van der Waals surface area contributed by atoms with E-state index in [0.717, 1.165) is 30.9 Å². The first-order valence-electron chi connectivity index (χ1n) is 12.6. The fraction of sp³-hybridized carbons (Fsp3) is 0.333. The zero-order valence-corrected chi connectivity index (χ0v) is 21.2. The van der Waals surface area contributed by atoms with E-state index in [1.54, 1.807) is 16.8 Å². The molecule has 0 radical (unpaired) electrons. The predicted molar refractivity (Wildman–Crippen MR) is 136 cm³/mol. The third kappa shape index (κ3) is 6.82. The molecule has 12 heteroatoms. The van der Waals surface area contributed by atoms with Gasteiger partial charge in [0.15, 0.2) is 5.69 Å². The molecule has 2 aromatic carbocycles. The first-order valence-corrected chi connectivity index (χ1v) is 12.6. The number of amides is 1. The molecule has 1 N–H and O–H groups in total. The molecule has 2 aromatic heterocycles. The maximum atomic E-state index is 12.6. The molecule has 1 fully saturated rings. The Hall–Kier alpha value is -4.19. The van der Waals surface area contributed by atoms with E-state index >= 15 is 0 Å². The van der Waals surface area contributed by atoms with Crippen LogP contribution in [0.15, 0.2) is 59.1 Å². The van der Waals surface area contributed by atoms with Gasteiger partial charge in [-0.2, -0.15) is 10.1 Å². The van der Waals surface area contributed by atoms with Crippen LogP contribution in [0.5, 0.6) is 5.75 Å². The Balaban J connectivity index is 1.23. The van der Waals surface area contributed by atoms with Crippen LogP contribution in [0.25, 0.3) is 23.0 Å². The average Bonchev–Trinajstić information content (AvgIpc) is 3.66. The number of ether oxygens (including phenoxy) is 1. The molecule has 1 aliphatic rings. The van der Waals surface area contributed by atoms with Crippen LogP contribution in [0.2, 0.25) is 0 Å². The van der Waals surface area contributed by atoms with E-state index in [0.29, 0.717) is 29.9 Å². The Morgan fingerprint density at radius 2 is 1.87 bits per heavy atom. The molecule has 0 unspecified atom stereocenters. The van der Waals surface area contributed by atoms with Crippen molar-refractivity contribution in [1.82, 2.24) is 30.1 Å². The molecule has 1 amide bonds. The number of hydrogen-bond donors (Lipinski definition) is 1. The summed E-state index contributed by atoms with van der Waals surface area (Å²) in [5, 5.41) is 11.5. The normalized spacial score (nSPS) is 14.1. The molecule has 0 aliphatic carbocycles. The lowest BCUT2D eigenvalue weighted by atomic mass is 10.1. The smallest absolute Gasteiger partial charge is 0.406 e. The van der Waals surface area contributed by atoms with Gasteiger partial charge in [0.1, 0.15) is 5.75 Å². The molecule has 0 saturated carbocycles. The fourth-order valence-corrected chi connectivity index (χ4v) is 4.44. The van der Waals surface area contributed by atoms with Gasteiger partial charge in [0, 0.05) is 29.9 Å². The highest BCUT2D eigenvalue weighted by Gasteiger charge is 2.31. The number of aryl methyl sites for hydroxylation is 1. The standard InChI is InChI=1S/C27H27F3N6O3/c1-18-15-23(26-32-24(34-39-26)20-7-9-22(10-8-20)38-27(28,29)30)33-36(18)17-19-5-4-6-21(16-19)25(37)31-11-14-35-12-2-3-13-35/h4-10,15-16H,2-3,11-14,17H2,1H3,(H,31,37). The molecular weight excluding hydrogens is 513 g/mol. The summed E-state index contributed by atoms with van der Waals surface area (Å²) in [5.41, 5.74) is 3.27. The Morgan fingerprint density at radius 3 is 2.62 bits per heavy atom. The number of halogens is 3. The van der Waals surface area contributed by atoms with Crippen LogP contribution in [0.3, 0.4) is 0 Å². The fourth-order valence-electron chi connectivity index (χ4n) is 4.44. The zero-order valence-electron chi connectivity index (χ0n) is 21.2. The summed E-state index contributed by atoms with van der Waals surface area (Å²) in [7, 11) is 0. The predicted octanol–water partition coefficient (Wildman–Crippen LogP) is 4.68. The van der Waals surface area contributed by atoms with Gasteiger partial charge in [-0.05, 0) is 80.9 Å². The lowest BCUT2D eigenvalue weighted by Crippen LogP contribution is -2.33. The number of carbonyl (C=O) groups excluding carboxylic acids is 1. The van der Waals surface area contributed by atoms with Crippen LogP contribution in [-0.2, 0) is 6.54 Å². The van der Waals surface area contributed by atoms with Crippen molar-refractivity contribution in [2.75, 3.05) is 26.2 Å². The van der Waals surface area contributed by atoms with Crippen molar-refractivity contribution in [3.05, 3.63) is 71.4 Å². The molecule has 0 spiro atoms. The maximum Gasteiger partial charge on any atom is 0.573 e. The Labute approximate surface area is 222 Å². The Morgan fingerprint density at radius 1 is 1.10 bits per heavy atom. The van der Waals surface area contributed by atoms with Gasteiger partial charge in [0.05, 0.1) is 6.54 Å². The maximum absolute atomic E-state index is 12.6. The molecule has 3 heterocycles. The third-order valence-electron chi connectivity index (χ3n) is 6.41. The van der Waals surface area contributed by atoms with Crippen molar-refractivity contribution >= 4 is 5.91 Å². The van der Waals surface area contributed by atoms with Crippen molar-refractivity contribution in [3.8, 4) is 28.7 Å². The van der Waals surface area contributed by atoms with E-state index < -0.39 is 6.36 Å². The molecular formula is C27H27F3N6O3. The molecule has 0 atom stereocenters. The molecule has 1 saturated heterocycles. The largest absolute Gasteiger partial charge is 0.573 e. The monoisotopic (exact) mass is 540 g/mol. The zero-order chi connectivity index (χ0) is 27.4. The van der Waals surface area contributed by atoms with Gasteiger partial charge in [0.2, 0.25) is 5.82 Å². The molecule has 5 rings (SSSR count). The summed E-state index contributed by atoms with van der Waals surface area (Å²) in [5.74, 6) is -0.0638. The van der Waals surface area contributed by atoms with Crippen LogP contribution in [0.1, 0.15) is 34.5 Å². The number of hydrogen-bond acceptors (Lipinski definition) is 7. The number of likely N-dealkylation sites (tertiary alicyclic amines) is 1. The van der Waals surface area contributed by atoms with Crippen molar-refractivity contribution in [2.24, 2.45) is 0 Å². The van der Waals surface area contributed by atoms with Gasteiger partial charge in [-0.15, -0.1) is 13.2 Å². The molecule has 0 bridgehead atoms. The summed E-state index contributed by atoms with van der Waals surface area (Å²) >= 11 is 0. The molecule has 4 aromatic rings. The second kappa shape index (κ2) is 11.3. The van der Waals surface area contributed by atoms with Gasteiger partial charge in [-0.3, -0.25) is 9.48 Å². The molecule has 39 heavy (non-hydrogen) atoms. The minimum absolute atomic E-state index is 0.106. The first kappa shape index (κ1) is 26.4. The van der Waals surface area contributed by atoms with E-state index in [1.165, 1.54) is 37.1 Å². The minimum atomic E-state index is -4.77. The van der Waals surface area contributed by atoms with E-state index in [-0.39, 0.29) is 23.4 Å². The number of rotatable bonds is 9. The summed E-state index contributed by atoms with van der Waals surface area (Å²) in [6.45, 7) is 5.98. The second-order valence-electron chi connectivity index (χ2n) is 9.33. The van der Waals surface area contributed by atoms with Gasteiger partial charge < -0.3 is 19.5 Å². The lowest BCUT2D eigenvalue weighted by molar-refractivity contribution is -0.274. The highest BCUT2D eigenvalue weighted by atomic mass is 19.4. The van der Waals surface area contributed by atoms with Crippen molar-refractivity contribution in [1.29, 1.82) is 0 Å². The van der Waals surface area contributed by atoms with Crippen LogP contribution in [0.4, 0.5) is 13.2 Å². The number of nitrogens with one attached hydrogen (secondary N) is 1. The first-order chi connectivity index (χ1) is 18.7.